The van der Waals surface area contributed by atoms with Gasteiger partial charge in [-0.3, -0.25) is 0 Å². The highest BCUT2D eigenvalue weighted by molar-refractivity contribution is 5.54. The van der Waals surface area contributed by atoms with Gasteiger partial charge in [-0.15, -0.1) is 0 Å². The Kier molecular flexibility index (Phi) is 6.47. The van der Waals surface area contributed by atoms with Gasteiger partial charge < -0.3 is 11.1 Å². The topological polar surface area (TPSA) is 63.8 Å². The van der Waals surface area contributed by atoms with Gasteiger partial charge in [-0.05, 0) is 20.3 Å². The molecule has 0 saturated carbocycles. The molecule has 1 aromatic heterocycles. The Labute approximate surface area is 110 Å². The van der Waals surface area contributed by atoms with E-state index in [-0.39, 0.29) is 0 Å². The van der Waals surface area contributed by atoms with Gasteiger partial charge in [0.2, 0.25) is 0 Å². The smallest absolute Gasteiger partial charge is 0.134 e. The molecule has 0 unspecified atom stereocenters. The minimum Gasteiger partial charge on any atom is -0.383 e. The highest BCUT2D eigenvalue weighted by Gasteiger charge is 2.05. The average Bonchev–Trinajstić information content (AvgIpc) is 2.33. The summed E-state index contributed by atoms with van der Waals surface area (Å²) >= 11 is 0. The van der Waals surface area contributed by atoms with E-state index in [9.17, 15) is 0 Å². The van der Waals surface area contributed by atoms with Crippen LogP contribution >= 0.6 is 0 Å². The molecule has 0 aromatic carbocycles. The molecule has 4 nitrogen and oxygen atoms in total. The monoisotopic (exact) mass is 250 g/mol. The van der Waals surface area contributed by atoms with Gasteiger partial charge in [0.15, 0.2) is 0 Å². The second-order valence-corrected chi connectivity index (χ2v) is 4.82. The van der Waals surface area contributed by atoms with Crippen molar-refractivity contribution in [3.05, 3.63) is 11.4 Å². The lowest BCUT2D eigenvalue weighted by atomic mass is 10.1. The van der Waals surface area contributed by atoms with Crippen molar-refractivity contribution in [2.75, 3.05) is 17.6 Å². The first kappa shape index (κ1) is 14.7. The summed E-state index contributed by atoms with van der Waals surface area (Å²) in [6, 6.07) is 0. The van der Waals surface area contributed by atoms with Crippen LogP contribution in [0.4, 0.5) is 11.6 Å². The van der Waals surface area contributed by atoms with Crippen molar-refractivity contribution < 1.29 is 0 Å². The summed E-state index contributed by atoms with van der Waals surface area (Å²) in [5, 5.41) is 3.35. The number of nitrogens with zero attached hydrogens (tertiary/aromatic N) is 2. The second-order valence-electron chi connectivity index (χ2n) is 4.82. The predicted octanol–water partition coefficient (Wildman–Crippen LogP) is 3.45. The highest BCUT2D eigenvalue weighted by atomic mass is 15.0. The number of aromatic nitrogens is 2. The molecular weight excluding hydrogens is 224 g/mol. The van der Waals surface area contributed by atoms with Gasteiger partial charge in [0.25, 0.3) is 0 Å². The van der Waals surface area contributed by atoms with Crippen molar-refractivity contribution in [3.63, 3.8) is 0 Å². The normalized spacial score (nSPS) is 10.6. The van der Waals surface area contributed by atoms with Gasteiger partial charge in [-0.25, -0.2) is 9.97 Å². The molecule has 0 amide bonds. The van der Waals surface area contributed by atoms with Crippen LogP contribution in [0, 0.1) is 13.8 Å². The van der Waals surface area contributed by atoms with E-state index in [1.807, 2.05) is 13.8 Å². The molecule has 1 aromatic rings. The van der Waals surface area contributed by atoms with Crippen LogP contribution in [0.15, 0.2) is 0 Å². The maximum atomic E-state index is 5.82. The van der Waals surface area contributed by atoms with Crippen LogP contribution in [0.25, 0.3) is 0 Å². The molecule has 0 radical (unpaired) electrons. The molecule has 18 heavy (non-hydrogen) atoms. The first-order valence-corrected chi connectivity index (χ1v) is 6.99. The van der Waals surface area contributed by atoms with Crippen molar-refractivity contribution in [2.45, 2.75) is 59.3 Å². The van der Waals surface area contributed by atoms with E-state index < -0.39 is 0 Å². The summed E-state index contributed by atoms with van der Waals surface area (Å²) in [6.07, 6.45) is 7.82. The maximum Gasteiger partial charge on any atom is 0.134 e. The van der Waals surface area contributed by atoms with E-state index in [0.717, 1.165) is 23.8 Å². The minimum atomic E-state index is 0.577. The van der Waals surface area contributed by atoms with Gasteiger partial charge in [-0.1, -0.05) is 39.0 Å². The molecule has 0 fully saturated rings. The summed E-state index contributed by atoms with van der Waals surface area (Å²) in [5.74, 6) is 2.19. The molecule has 0 atom stereocenters. The Hall–Kier alpha value is -1.32. The Morgan fingerprint density at radius 2 is 1.67 bits per heavy atom. The van der Waals surface area contributed by atoms with Crippen LogP contribution in [-0.4, -0.2) is 16.5 Å². The summed E-state index contributed by atoms with van der Waals surface area (Å²) in [6.45, 7) is 7.03. The van der Waals surface area contributed by atoms with Crippen molar-refractivity contribution in [1.29, 1.82) is 0 Å². The number of anilines is 2. The SMILES string of the molecule is CCCCCCCCNc1nc(C)nc(N)c1C. The van der Waals surface area contributed by atoms with E-state index in [0.29, 0.717) is 5.82 Å². The molecule has 102 valence electrons. The number of hydrogen-bond donors (Lipinski definition) is 2. The number of nitrogens with one attached hydrogen (secondary N) is 1. The van der Waals surface area contributed by atoms with E-state index in [2.05, 4.69) is 22.2 Å². The highest BCUT2D eigenvalue weighted by Crippen LogP contribution is 2.17. The molecular formula is C14H26N4. The Balaban J connectivity index is 2.27. The van der Waals surface area contributed by atoms with Crippen LogP contribution in [0.2, 0.25) is 0 Å². The first-order chi connectivity index (χ1) is 8.65. The zero-order valence-electron chi connectivity index (χ0n) is 11.9. The Morgan fingerprint density at radius 3 is 2.39 bits per heavy atom. The van der Waals surface area contributed by atoms with Crippen molar-refractivity contribution in [3.8, 4) is 0 Å². The van der Waals surface area contributed by atoms with Crippen LogP contribution < -0.4 is 11.1 Å². The summed E-state index contributed by atoms with van der Waals surface area (Å²) in [7, 11) is 0. The largest absolute Gasteiger partial charge is 0.383 e. The third-order valence-corrected chi connectivity index (χ3v) is 3.12. The predicted molar refractivity (Wildman–Crippen MR) is 77.8 cm³/mol. The number of nitrogen functional groups attached to an aromatic ring is 1. The Bertz CT molecular complexity index is 363. The third kappa shape index (κ3) is 4.90. The second kappa shape index (κ2) is 7.90. The molecule has 0 saturated heterocycles. The molecule has 0 aliphatic heterocycles. The fraction of sp³-hybridized carbons (Fsp3) is 0.714. The number of unbranched alkanes of at least 4 members (excludes halogenated alkanes) is 5. The van der Waals surface area contributed by atoms with Gasteiger partial charge >= 0.3 is 0 Å². The van der Waals surface area contributed by atoms with E-state index in [1.54, 1.807) is 0 Å². The molecule has 0 bridgehead atoms. The molecule has 0 aliphatic carbocycles. The first-order valence-electron chi connectivity index (χ1n) is 6.99. The van der Waals surface area contributed by atoms with Crippen molar-refractivity contribution in [2.24, 2.45) is 0 Å². The number of aryl methyl sites for hydroxylation is 1. The number of hydrogen-bond acceptors (Lipinski definition) is 4. The lowest BCUT2D eigenvalue weighted by molar-refractivity contribution is 0.616. The lowest BCUT2D eigenvalue weighted by Gasteiger charge is -2.10. The van der Waals surface area contributed by atoms with Gasteiger partial charge in [-0.2, -0.15) is 0 Å². The molecule has 0 aliphatic rings. The molecule has 1 heterocycles. The van der Waals surface area contributed by atoms with E-state index in [1.165, 1.54) is 38.5 Å². The quantitative estimate of drug-likeness (QED) is 0.694. The zero-order chi connectivity index (χ0) is 13.4. The van der Waals surface area contributed by atoms with Crippen LogP contribution in [-0.2, 0) is 0 Å². The van der Waals surface area contributed by atoms with Gasteiger partial charge in [0, 0.05) is 12.1 Å². The van der Waals surface area contributed by atoms with Crippen molar-refractivity contribution >= 4 is 11.6 Å². The molecule has 1 rings (SSSR count). The summed E-state index contributed by atoms with van der Waals surface area (Å²) in [5.41, 5.74) is 6.77. The Morgan fingerprint density at radius 1 is 1.00 bits per heavy atom. The summed E-state index contributed by atoms with van der Waals surface area (Å²) < 4.78 is 0. The van der Waals surface area contributed by atoms with Crippen molar-refractivity contribution in [1.82, 2.24) is 9.97 Å². The lowest BCUT2D eigenvalue weighted by Crippen LogP contribution is -2.09. The fourth-order valence-electron chi connectivity index (χ4n) is 1.93. The van der Waals surface area contributed by atoms with Crippen LogP contribution in [0.1, 0.15) is 56.8 Å². The number of rotatable bonds is 8. The number of nitrogens with two attached hydrogens (primary N) is 1. The van der Waals surface area contributed by atoms with E-state index >= 15 is 0 Å². The average molecular weight is 250 g/mol. The van der Waals surface area contributed by atoms with Crippen LogP contribution in [0.3, 0.4) is 0 Å². The molecule has 0 spiro atoms. The van der Waals surface area contributed by atoms with Crippen LogP contribution in [0.5, 0.6) is 0 Å². The van der Waals surface area contributed by atoms with Gasteiger partial charge in [0.1, 0.15) is 17.5 Å². The zero-order valence-corrected chi connectivity index (χ0v) is 11.9. The molecule has 4 heteroatoms. The fourth-order valence-corrected chi connectivity index (χ4v) is 1.93. The standard InChI is InChI=1S/C14H26N4/c1-4-5-6-7-8-9-10-16-14-11(2)13(15)17-12(3)18-14/h4-10H2,1-3H3,(H3,15,16,17,18). The summed E-state index contributed by atoms with van der Waals surface area (Å²) in [4.78, 5) is 8.52. The minimum absolute atomic E-state index is 0.577. The van der Waals surface area contributed by atoms with E-state index in [4.69, 9.17) is 5.73 Å². The van der Waals surface area contributed by atoms with Gasteiger partial charge in [0.05, 0.1) is 0 Å². The molecule has 3 N–H and O–H groups in total. The third-order valence-electron chi connectivity index (χ3n) is 3.12. The maximum absolute atomic E-state index is 5.82.